The molecule has 1 rings (SSSR count). The molecule has 1 amide bonds. The van der Waals surface area contributed by atoms with Crippen molar-refractivity contribution in [2.24, 2.45) is 0 Å². The number of hydrogen-bond donors (Lipinski definition) is 2. The summed E-state index contributed by atoms with van der Waals surface area (Å²) < 4.78 is 0. The van der Waals surface area contributed by atoms with Gasteiger partial charge in [-0.2, -0.15) is 0 Å². The van der Waals surface area contributed by atoms with Gasteiger partial charge in [-0.25, -0.2) is 0 Å². The van der Waals surface area contributed by atoms with Gasteiger partial charge in [0.05, 0.1) is 0 Å². The van der Waals surface area contributed by atoms with Crippen LogP contribution in [0.3, 0.4) is 0 Å². The zero-order valence-electron chi connectivity index (χ0n) is 13.0. The van der Waals surface area contributed by atoms with E-state index in [1.54, 1.807) is 0 Å². The van der Waals surface area contributed by atoms with E-state index in [-0.39, 0.29) is 11.9 Å². The number of rotatable bonds is 9. The van der Waals surface area contributed by atoms with Crippen LogP contribution >= 0.6 is 0 Å². The summed E-state index contributed by atoms with van der Waals surface area (Å²) in [6, 6.07) is 8.21. The Morgan fingerprint density at radius 1 is 1.10 bits per heavy atom. The molecule has 0 heterocycles. The van der Waals surface area contributed by atoms with Crippen LogP contribution in [-0.2, 0) is 11.2 Å². The SMILES string of the molecule is CCCCCc1ccc(NC(C)C(=O)NCCC)cc1. The smallest absolute Gasteiger partial charge is 0.242 e. The molecule has 0 aliphatic carbocycles. The molecule has 0 aliphatic rings. The van der Waals surface area contributed by atoms with E-state index in [1.807, 2.05) is 6.92 Å². The third-order valence-corrected chi connectivity index (χ3v) is 3.35. The molecule has 0 aromatic heterocycles. The minimum atomic E-state index is -0.201. The fourth-order valence-electron chi connectivity index (χ4n) is 2.06. The molecule has 0 spiro atoms. The van der Waals surface area contributed by atoms with Gasteiger partial charge in [-0.15, -0.1) is 0 Å². The van der Waals surface area contributed by atoms with E-state index in [4.69, 9.17) is 0 Å². The van der Waals surface area contributed by atoms with Gasteiger partial charge in [-0.1, -0.05) is 38.8 Å². The van der Waals surface area contributed by atoms with Crippen molar-refractivity contribution >= 4 is 11.6 Å². The van der Waals surface area contributed by atoms with Crippen molar-refractivity contribution in [3.8, 4) is 0 Å². The van der Waals surface area contributed by atoms with E-state index in [1.165, 1.54) is 24.8 Å². The Morgan fingerprint density at radius 3 is 2.40 bits per heavy atom. The van der Waals surface area contributed by atoms with Gasteiger partial charge in [-0.05, 0) is 43.9 Å². The van der Waals surface area contributed by atoms with Crippen molar-refractivity contribution in [3.05, 3.63) is 29.8 Å². The predicted molar refractivity (Wildman–Crippen MR) is 86.1 cm³/mol. The standard InChI is InChI=1S/C17H28N2O/c1-4-6-7-8-15-9-11-16(12-10-15)19-14(3)17(20)18-13-5-2/h9-12,14,19H,4-8,13H2,1-3H3,(H,18,20). The molecule has 3 heteroatoms. The number of unbranched alkanes of at least 4 members (excludes halogenated alkanes) is 2. The number of benzene rings is 1. The lowest BCUT2D eigenvalue weighted by molar-refractivity contribution is -0.121. The van der Waals surface area contributed by atoms with Crippen LogP contribution in [0.5, 0.6) is 0 Å². The maximum atomic E-state index is 11.8. The summed E-state index contributed by atoms with van der Waals surface area (Å²) in [5.41, 5.74) is 2.37. The van der Waals surface area contributed by atoms with E-state index < -0.39 is 0 Å². The molecule has 0 saturated heterocycles. The summed E-state index contributed by atoms with van der Waals surface area (Å²) in [6.45, 7) is 6.90. The molecule has 3 nitrogen and oxygen atoms in total. The summed E-state index contributed by atoms with van der Waals surface area (Å²) in [6.07, 6.45) is 5.89. The average molecular weight is 276 g/mol. The van der Waals surface area contributed by atoms with Gasteiger partial charge in [0, 0.05) is 12.2 Å². The molecule has 20 heavy (non-hydrogen) atoms. The first-order valence-electron chi connectivity index (χ1n) is 7.80. The summed E-state index contributed by atoms with van der Waals surface area (Å²) in [4.78, 5) is 11.8. The van der Waals surface area contributed by atoms with Crippen LogP contribution in [0.25, 0.3) is 0 Å². The second kappa shape index (κ2) is 9.40. The second-order valence-corrected chi connectivity index (χ2v) is 5.31. The third-order valence-electron chi connectivity index (χ3n) is 3.35. The zero-order valence-corrected chi connectivity index (χ0v) is 13.0. The molecule has 0 fully saturated rings. The Balaban J connectivity index is 2.42. The lowest BCUT2D eigenvalue weighted by Crippen LogP contribution is -2.37. The number of anilines is 1. The highest BCUT2D eigenvalue weighted by atomic mass is 16.2. The number of nitrogens with one attached hydrogen (secondary N) is 2. The molecule has 1 aromatic rings. The zero-order chi connectivity index (χ0) is 14.8. The van der Waals surface area contributed by atoms with Crippen LogP contribution in [0.4, 0.5) is 5.69 Å². The van der Waals surface area contributed by atoms with Crippen LogP contribution in [0, 0.1) is 0 Å². The third kappa shape index (κ3) is 6.09. The van der Waals surface area contributed by atoms with Crippen LogP contribution < -0.4 is 10.6 Å². The molecular weight excluding hydrogens is 248 g/mol. The first-order chi connectivity index (χ1) is 9.67. The van der Waals surface area contributed by atoms with E-state index in [9.17, 15) is 4.79 Å². The monoisotopic (exact) mass is 276 g/mol. The maximum absolute atomic E-state index is 11.8. The van der Waals surface area contributed by atoms with Gasteiger partial charge in [0.1, 0.15) is 6.04 Å². The minimum Gasteiger partial charge on any atom is -0.374 e. The molecular formula is C17H28N2O. The van der Waals surface area contributed by atoms with Gasteiger partial charge in [0.2, 0.25) is 5.91 Å². The van der Waals surface area contributed by atoms with E-state index in [0.29, 0.717) is 0 Å². The lowest BCUT2D eigenvalue weighted by Gasteiger charge is -2.15. The Hall–Kier alpha value is -1.51. The quantitative estimate of drug-likeness (QED) is 0.674. The maximum Gasteiger partial charge on any atom is 0.242 e. The number of aryl methyl sites for hydroxylation is 1. The summed E-state index contributed by atoms with van der Waals surface area (Å²) in [7, 11) is 0. The van der Waals surface area contributed by atoms with Crippen LogP contribution in [0.2, 0.25) is 0 Å². The normalized spacial score (nSPS) is 11.9. The van der Waals surface area contributed by atoms with E-state index in [2.05, 4.69) is 48.7 Å². The fraction of sp³-hybridized carbons (Fsp3) is 0.588. The Morgan fingerprint density at radius 2 is 1.80 bits per heavy atom. The van der Waals surface area contributed by atoms with Gasteiger partial charge in [-0.3, -0.25) is 4.79 Å². The largest absolute Gasteiger partial charge is 0.374 e. The first-order valence-corrected chi connectivity index (χ1v) is 7.80. The highest BCUT2D eigenvalue weighted by molar-refractivity contribution is 5.84. The average Bonchev–Trinajstić information content (AvgIpc) is 2.46. The highest BCUT2D eigenvalue weighted by Crippen LogP contribution is 2.13. The number of hydrogen-bond acceptors (Lipinski definition) is 2. The molecule has 0 saturated carbocycles. The molecule has 1 atom stereocenters. The molecule has 0 aliphatic heterocycles. The molecule has 112 valence electrons. The van der Waals surface area contributed by atoms with E-state index in [0.717, 1.165) is 25.1 Å². The number of amides is 1. The van der Waals surface area contributed by atoms with Gasteiger partial charge in [0.15, 0.2) is 0 Å². The number of carbonyl (C=O) groups is 1. The Kier molecular flexibility index (Phi) is 7.78. The van der Waals surface area contributed by atoms with E-state index >= 15 is 0 Å². The molecule has 2 N–H and O–H groups in total. The van der Waals surface area contributed by atoms with Crippen molar-refractivity contribution in [1.82, 2.24) is 5.32 Å². The van der Waals surface area contributed by atoms with Crippen molar-refractivity contribution in [2.75, 3.05) is 11.9 Å². The van der Waals surface area contributed by atoms with Crippen LogP contribution in [0.1, 0.15) is 52.0 Å². The number of carbonyl (C=O) groups excluding carboxylic acids is 1. The highest BCUT2D eigenvalue weighted by Gasteiger charge is 2.11. The van der Waals surface area contributed by atoms with Crippen LogP contribution in [0.15, 0.2) is 24.3 Å². The van der Waals surface area contributed by atoms with Crippen molar-refractivity contribution in [1.29, 1.82) is 0 Å². The summed E-state index contributed by atoms with van der Waals surface area (Å²) in [5, 5.41) is 6.13. The summed E-state index contributed by atoms with van der Waals surface area (Å²) >= 11 is 0. The fourth-order valence-corrected chi connectivity index (χ4v) is 2.06. The van der Waals surface area contributed by atoms with Crippen molar-refractivity contribution in [2.45, 2.75) is 58.9 Å². The van der Waals surface area contributed by atoms with Crippen LogP contribution in [-0.4, -0.2) is 18.5 Å². The molecule has 0 radical (unpaired) electrons. The van der Waals surface area contributed by atoms with Crippen molar-refractivity contribution < 1.29 is 4.79 Å². The Labute approximate surface area is 123 Å². The summed E-state index contributed by atoms with van der Waals surface area (Å²) in [5.74, 6) is 0.0545. The van der Waals surface area contributed by atoms with Gasteiger partial charge >= 0.3 is 0 Å². The molecule has 1 aromatic carbocycles. The van der Waals surface area contributed by atoms with Gasteiger partial charge in [0.25, 0.3) is 0 Å². The lowest BCUT2D eigenvalue weighted by atomic mass is 10.1. The topological polar surface area (TPSA) is 41.1 Å². The predicted octanol–water partition coefficient (Wildman–Crippen LogP) is 3.75. The Bertz CT molecular complexity index is 386. The molecule has 1 unspecified atom stereocenters. The van der Waals surface area contributed by atoms with Crippen molar-refractivity contribution in [3.63, 3.8) is 0 Å². The van der Waals surface area contributed by atoms with Gasteiger partial charge < -0.3 is 10.6 Å². The minimum absolute atomic E-state index is 0.0545. The molecule has 0 bridgehead atoms. The first kappa shape index (κ1) is 16.5. The second-order valence-electron chi connectivity index (χ2n) is 5.31.